The van der Waals surface area contributed by atoms with Gasteiger partial charge < -0.3 is 9.47 Å². The average Bonchev–Trinajstić information content (AvgIpc) is 3.23. The minimum Gasteiger partial charge on any atom is -0.494 e. The van der Waals surface area contributed by atoms with E-state index in [9.17, 15) is 16.8 Å². The van der Waals surface area contributed by atoms with Crippen molar-refractivity contribution in [3.8, 4) is 5.75 Å². The number of sulfonamides is 1. The number of hydrogen-bond donors (Lipinski definition) is 0. The van der Waals surface area contributed by atoms with E-state index in [0.29, 0.717) is 26.1 Å². The second-order valence-electron chi connectivity index (χ2n) is 9.64. The zero-order chi connectivity index (χ0) is 25.6. The number of rotatable bonds is 10. The van der Waals surface area contributed by atoms with Crippen molar-refractivity contribution in [2.75, 3.05) is 19.8 Å². The second kappa shape index (κ2) is 12.1. The van der Waals surface area contributed by atoms with Gasteiger partial charge in [0.25, 0.3) is 0 Å². The maximum absolute atomic E-state index is 13.7. The van der Waals surface area contributed by atoms with Crippen LogP contribution in [-0.2, 0) is 31.1 Å². The average molecular weight is 536 g/mol. The van der Waals surface area contributed by atoms with Crippen molar-refractivity contribution >= 4 is 19.9 Å². The lowest BCUT2D eigenvalue weighted by molar-refractivity contribution is 0.0926. The highest BCUT2D eigenvalue weighted by atomic mass is 32.2. The van der Waals surface area contributed by atoms with Crippen LogP contribution in [0.5, 0.6) is 5.75 Å². The minimum atomic E-state index is -3.87. The molecule has 7 nitrogen and oxygen atoms in total. The first-order chi connectivity index (χ1) is 17.3. The number of sulfone groups is 1. The monoisotopic (exact) mass is 535 g/mol. The summed E-state index contributed by atoms with van der Waals surface area (Å²) >= 11 is 0. The Bertz CT molecular complexity index is 1180. The van der Waals surface area contributed by atoms with Crippen molar-refractivity contribution in [2.24, 2.45) is 0 Å². The highest BCUT2D eigenvalue weighted by Crippen LogP contribution is 2.29. The Morgan fingerprint density at radius 3 is 2.06 bits per heavy atom. The lowest BCUT2D eigenvalue weighted by Crippen LogP contribution is -2.37. The molecule has 1 heterocycles. The Hall–Kier alpha value is -1.94. The molecule has 0 radical (unpaired) electrons. The van der Waals surface area contributed by atoms with Crippen molar-refractivity contribution in [1.82, 2.24) is 4.31 Å². The van der Waals surface area contributed by atoms with Crippen molar-refractivity contribution in [2.45, 2.75) is 86.0 Å². The van der Waals surface area contributed by atoms with E-state index < -0.39 is 25.1 Å². The fourth-order valence-electron chi connectivity index (χ4n) is 5.02. The molecule has 1 unspecified atom stereocenters. The standard InChI is InChI=1S/C27H37NO6S2/c1-2-33-23-13-11-22(12-14-23)20-28(21-24-8-7-19-34-24)36(31,32)27-17-15-26(16-18-27)35(29,30)25-9-5-3-4-6-10-25/h11-18,24-25H,2-10,19-21H2,1H3. The molecule has 198 valence electrons. The third kappa shape index (κ3) is 6.49. The van der Waals surface area contributed by atoms with Crippen LogP contribution >= 0.6 is 0 Å². The normalized spacial score (nSPS) is 19.9. The molecule has 0 amide bonds. The molecular formula is C27H37NO6S2. The number of benzene rings is 2. The molecule has 4 rings (SSSR count). The first-order valence-electron chi connectivity index (χ1n) is 13.0. The number of hydrogen-bond acceptors (Lipinski definition) is 6. The van der Waals surface area contributed by atoms with E-state index in [1.165, 1.54) is 28.6 Å². The second-order valence-corrected chi connectivity index (χ2v) is 13.8. The largest absolute Gasteiger partial charge is 0.494 e. The van der Waals surface area contributed by atoms with Gasteiger partial charge >= 0.3 is 0 Å². The summed E-state index contributed by atoms with van der Waals surface area (Å²) in [5.41, 5.74) is 0.840. The fraction of sp³-hybridized carbons (Fsp3) is 0.556. The van der Waals surface area contributed by atoms with Crippen LogP contribution in [0, 0.1) is 0 Å². The third-order valence-corrected chi connectivity index (χ3v) is 11.2. The Morgan fingerprint density at radius 1 is 0.833 bits per heavy atom. The van der Waals surface area contributed by atoms with Gasteiger partial charge in [-0.25, -0.2) is 16.8 Å². The minimum absolute atomic E-state index is 0.0891. The lowest BCUT2D eigenvalue weighted by atomic mass is 10.2. The van der Waals surface area contributed by atoms with Gasteiger partial charge in [-0.05, 0) is 74.6 Å². The van der Waals surface area contributed by atoms with Crippen molar-refractivity contribution in [1.29, 1.82) is 0 Å². The van der Waals surface area contributed by atoms with Crippen LogP contribution in [0.15, 0.2) is 58.3 Å². The van der Waals surface area contributed by atoms with E-state index in [1.54, 1.807) is 0 Å². The quantitative estimate of drug-likeness (QED) is 0.400. The third-order valence-electron chi connectivity index (χ3n) is 7.06. The number of nitrogens with zero attached hydrogens (tertiary/aromatic N) is 1. The molecule has 0 bridgehead atoms. The molecule has 1 atom stereocenters. The van der Waals surface area contributed by atoms with Gasteiger partial charge in [0.1, 0.15) is 5.75 Å². The molecule has 1 saturated carbocycles. The molecule has 9 heteroatoms. The van der Waals surface area contributed by atoms with Crippen LogP contribution < -0.4 is 4.74 Å². The molecule has 0 N–H and O–H groups in total. The fourth-order valence-corrected chi connectivity index (χ4v) is 8.33. The first kappa shape index (κ1) is 27.1. The van der Waals surface area contributed by atoms with Gasteiger partial charge in [0.05, 0.1) is 27.8 Å². The smallest absolute Gasteiger partial charge is 0.243 e. The predicted molar refractivity (Wildman–Crippen MR) is 139 cm³/mol. The van der Waals surface area contributed by atoms with Gasteiger partial charge in [-0.15, -0.1) is 0 Å². The molecular weight excluding hydrogens is 498 g/mol. The van der Waals surface area contributed by atoms with Crippen molar-refractivity contribution < 1.29 is 26.3 Å². The molecule has 0 aromatic heterocycles. The first-order valence-corrected chi connectivity index (χ1v) is 16.0. The molecule has 2 aliphatic rings. The highest BCUT2D eigenvalue weighted by Gasteiger charge is 2.31. The zero-order valence-electron chi connectivity index (χ0n) is 21.0. The van der Waals surface area contributed by atoms with E-state index in [-0.39, 0.29) is 29.0 Å². The van der Waals surface area contributed by atoms with Gasteiger partial charge in [-0.2, -0.15) is 4.31 Å². The molecule has 2 aromatic rings. The Balaban J connectivity index is 1.56. The maximum Gasteiger partial charge on any atom is 0.243 e. The Morgan fingerprint density at radius 2 is 1.47 bits per heavy atom. The summed E-state index contributed by atoms with van der Waals surface area (Å²) in [7, 11) is -7.36. The molecule has 1 saturated heterocycles. The summed E-state index contributed by atoms with van der Waals surface area (Å²) in [5, 5.41) is -0.391. The molecule has 2 fully saturated rings. The molecule has 0 spiro atoms. The van der Waals surface area contributed by atoms with Gasteiger partial charge in [-0.1, -0.05) is 37.8 Å². The molecule has 1 aliphatic heterocycles. The lowest BCUT2D eigenvalue weighted by Gasteiger charge is -2.25. The maximum atomic E-state index is 13.7. The van der Waals surface area contributed by atoms with E-state index in [4.69, 9.17) is 9.47 Å². The van der Waals surface area contributed by atoms with Gasteiger partial charge in [0, 0.05) is 19.7 Å². The van der Waals surface area contributed by atoms with Crippen LogP contribution in [0.2, 0.25) is 0 Å². The Kier molecular flexibility index (Phi) is 9.09. The van der Waals surface area contributed by atoms with Crippen molar-refractivity contribution in [3.05, 3.63) is 54.1 Å². The van der Waals surface area contributed by atoms with Crippen LogP contribution in [-0.4, -0.2) is 52.3 Å². The SMILES string of the molecule is CCOc1ccc(CN(CC2CCCO2)S(=O)(=O)c2ccc(S(=O)(=O)C3CCCCCC3)cc2)cc1. The number of ether oxygens (including phenoxy) is 2. The molecule has 2 aromatic carbocycles. The van der Waals surface area contributed by atoms with E-state index in [2.05, 4.69) is 0 Å². The van der Waals surface area contributed by atoms with Gasteiger partial charge in [0.2, 0.25) is 10.0 Å². The topological polar surface area (TPSA) is 90.0 Å². The summed E-state index contributed by atoms with van der Waals surface area (Å²) < 4.78 is 66.5. The summed E-state index contributed by atoms with van der Waals surface area (Å²) in [4.78, 5) is 0.289. The highest BCUT2D eigenvalue weighted by molar-refractivity contribution is 7.92. The summed E-state index contributed by atoms with van der Waals surface area (Å²) in [6, 6.07) is 13.2. The van der Waals surface area contributed by atoms with Gasteiger partial charge in [0.15, 0.2) is 9.84 Å². The van der Waals surface area contributed by atoms with E-state index >= 15 is 0 Å². The summed E-state index contributed by atoms with van der Waals surface area (Å²) in [6.45, 7) is 3.55. The van der Waals surface area contributed by atoms with Crippen LogP contribution in [0.3, 0.4) is 0 Å². The van der Waals surface area contributed by atoms with Crippen LogP contribution in [0.1, 0.15) is 63.9 Å². The van der Waals surface area contributed by atoms with Crippen LogP contribution in [0.25, 0.3) is 0 Å². The summed E-state index contributed by atoms with van der Waals surface area (Å²) in [5.74, 6) is 0.736. The summed E-state index contributed by atoms with van der Waals surface area (Å²) in [6.07, 6.45) is 6.87. The predicted octanol–water partition coefficient (Wildman–Crippen LogP) is 4.95. The molecule has 1 aliphatic carbocycles. The van der Waals surface area contributed by atoms with Gasteiger partial charge in [-0.3, -0.25) is 0 Å². The molecule has 36 heavy (non-hydrogen) atoms. The van der Waals surface area contributed by atoms with Crippen LogP contribution in [0.4, 0.5) is 0 Å². The van der Waals surface area contributed by atoms with E-state index in [1.807, 2.05) is 31.2 Å². The van der Waals surface area contributed by atoms with E-state index in [0.717, 1.165) is 49.8 Å². The van der Waals surface area contributed by atoms with Crippen molar-refractivity contribution in [3.63, 3.8) is 0 Å². The Labute approximate surface area is 215 Å². The zero-order valence-corrected chi connectivity index (χ0v) is 22.6.